The summed E-state index contributed by atoms with van der Waals surface area (Å²) in [6.45, 7) is 13.9. The van der Waals surface area contributed by atoms with E-state index >= 15 is 0 Å². The van der Waals surface area contributed by atoms with Crippen LogP contribution in [0.1, 0.15) is 99.3 Å². The van der Waals surface area contributed by atoms with Gasteiger partial charge in [-0.05, 0) is 88.0 Å². The topological polar surface area (TPSA) is 69.9 Å². The lowest BCUT2D eigenvalue weighted by molar-refractivity contribution is -0.0545. The van der Waals surface area contributed by atoms with Gasteiger partial charge in [0.15, 0.2) is 0 Å². The molecular weight excluding hydrogens is 424 g/mol. The van der Waals surface area contributed by atoms with Crippen LogP contribution in [0.25, 0.3) is 0 Å². The van der Waals surface area contributed by atoms with Gasteiger partial charge in [0.25, 0.3) is 0 Å². The average Bonchev–Trinajstić information content (AvgIpc) is 3.16. The van der Waals surface area contributed by atoms with Crippen molar-refractivity contribution in [1.29, 1.82) is 0 Å². The van der Waals surface area contributed by atoms with Gasteiger partial charge in [-0.1, -0.05) is 57.1 Å². The molecule has 4 aliphatic rings. The van der Waals surface area contributed by atoms with Gasteiger partial charge < -0.3 is 20.1 Å². The van der Waals surface area contributed by atoms with Gasteiger partial charge in [0.05, 0.1) is 23.4 Å². The lowest BCUT2D eigenvalue weighted by Crippen LogP contribution is -2.52. The van der Waals surface area contributed by atoms with Crippen LogP contribution in [0, 0.1) is 22.7 Å². The third-order valence-electron chi connectivity index (χ3n) is 10.4. The summed E-state index contributed by atoms with van der Waals surface area (Å²) in [6, 6.07) is 0. The van der Waals surface area contributed by atoms with Crippen molar-refractivity contribution in [2.24, 2.45) is 22.7 Å². The minimum atomic E-state index is -0.564. The Hall–Kier alpha value is -0.940. The molecule has 4 nitrogen and oxygen atoms in total. The third kappa shape index (κ3) is 4.17. The highest BCUT2D eigenvalue weighted by molar-refractivity contribution is 5.44. The van der Waals surface area contributed by atoms with E-state index in [1.54, 1.807) is 0 Å². The molecular formula is C30H48O4. The van der Waals surface area contributed by atoms with Crippen molar-refractivity contribution in [1.82, 2.24) is 0 Å². The van der Waals surface area contributed by atoms with Crippen LogP contribution in [0.5, 0.6) is 0 Å². The molecule has 0 aromatic rings. The monoisotopic (exact) mass is 472 g/mol. The average molecular weight is 473 g/mol. The first kappa shape index (κ1) is 26.1. The molecule has 6 atom stereocenters. The standard InChI is InChI=1S/C30H48O4/c1-7-30(33,8-2)15-9-17-34-27(3,4)25-13-12-23-22-11-10-20-18-21(31)19-26(32)29(20,6)24(22)14-16-28(23,25)5/h10-11,13,21,23-24,26,31-33H,7-9,12,14-19H2,1-6H3/t21?,23-,24-,26?,28-,29-/m0/s1. The van der Waals surface area contributed by atoms with Crippen molar-refractivity contribution in [2.45, 2.75) is 123 Å². The zero-order valence-corrected chi connectivity index (χ0v) is 22.4. The van der Waals surface area contributed by atoms with E-state index in [9.17, 15) is 15.3 Å². The summed E-state index contributed by atoms with van der Waals surface area (Å²) in [7, 11) is 0. The predicted octanol–water partition coefficient (Wildman–Crippen LogP) is 5.86. The van der Waals surface area contributed by atoms with Crippen LogP contribution in [-0.4, -0.2) is 45.3 Å². The molecule has 4 rings (SSSR count). The fourth-order valence-electron chi connectivity index (χ4n) is 7.98. The predicted molar refractivity (Wildman–Crippen MR) is 137 cm³/mol. The highest BCUT2D eigenvalue weighted by Gasteiger charge is 2.58. The Morgan fingerprint density at radius 3 is 2.47 bits per heavy atom. The number of fused-ring (bicyclic) bond motifs is 5. The first-order valence-corrected chi connectivity index (χ1v) is 13.8. The van der Waals surface area contributed by atoms with Crippen molar-refractivity contribution >= 4 is 0 Å². The molecule has 2 unspecified atom stereocenters. The molecule has 3 N–H and O–H groups in total. The number of aliphatic hydroxyl groups is 3. The molecule has 0 radical (unpaired) electrons. The van der Waals surface area contributed by atoms with Crippen LogP contribution >= 0.6 is 0 Å². The van der Waals surface area contributed by atoms with Gasteiger partial charge in [-0.25, -0.2) is 0 Å². The van der Waals surface area contributed by atoms with Crippen molar-refractivity contribution in [2.75, 3.05) is 6.61 Å². The number of hydrogen-bond acceptors (Lipinski definition) is 4. The first-order chi connectivity index (χ1) is 15.9. The molecule has 0 aromatic carbocycles. The van der Waals surface area contributed by atoms with Crippen LogP contribution < -0.4 is 0 Å². The fraction of sp³-hybridized carbons (Fsp3) is 0.800. The zero-order valence-electron chi connectivity index (χ0n) is 22.4. The van der Waals surface area contributed by atoms with E-state index in [1.807, 2.05) is 0 Å². The molecule has 34 heavy (non-hydrogen) atoms. The number of aliphatic hydroxyl groups excluding tert-OH is 2. The molecule has 0 amide bonds. The minimum Gasteiger partial charge on any atom is -0.393 e. The smallest absolute Gasteiger partial charge is 0.0840 e. The number of hydrogen-bond donors (Lipinski definition) is 3. The Labute approximate surface area is 207 Å². The molecule has 0 heterocycles. The Balaban J connectivity index is 1.49. The van der Waals surface area contributed by atoms with Crippen molar-refractivity contribution < 1.29 is 20.1 Å². The van der Waals surface area contributed by atoms with Crippen LogP contribution in [-0.2, 0) is 4.74 Å². The molecule has 0 aromatic heterocycles. The Bertz CT molecular complexity index is 863. The zero-order chi connectivity index (χ0) is 24.9. The highest BCUT2D eigenvalue weighted by atomic mass is 16.5. The molecule has 2 saturated carbocycles. The summed E-state index contributed by atoms with van der Waals surface area (Å²) in [4.78, 5) is 0. The molecule has 0 spiro atoms. The maximum absolute atomic E-state index is 11.1. The van der Waals surface area contributed by atoms with Gasteiger partial charge in [-0.15, -0.1) is 0 Å². The van der Waals surface area contributed by atoms with Gasteiger partial charge in [0, 0.05) is 18.4 Å². The molecule has 4 aliphatic carbocycles. The summed E-state index contributed by atoms with van der Waals surface area (Å²) in [5, 5.41) is 31.9. The minimum absolute atomic E-state index is 0.0697. The number of ether oxygens (including phenoxy) is 1. The summed E-state index contributed by atoms with van der Waals surface area (Å²) >= 11 is 0. The SMILES string of the molecule is CCC(O)(CC)CCCOC(C)(C)C1=CC[C@H]2C3=CC=C4CC(O)CC(O)[C@]4(C)[C@H]3CC[C@]12C. The lowest BCUT2D eigenvalue weighted by Gasteiger charge is -2.56. The molecule has 192 valence electrons. The summed E-state index contributed by atoms with van der Waals surface area (Å²) in [6.07, 6.45) is 13.7. The van der Waals surface area contributed by atoms with E-state index < -0.39 is 17.8 Å². The largest absolute Gasteiger partial charge is 0.393 e. The molecule has 4 heteroatoms. The number of rotatable bonds is 8. The van der Waals surface area contributed by atoms with E-state index in [1.165, 1.54) is 16.7 Å². The Morgan fingerprint density at radius 1 is 1.09 bits per heavy atom. The maximum Gasteiger partial charge on any atom is 0.0840 e. The molecule has 0 aliphatic heterocycles. The molecule has 0 bridgehead atoms. The van der Waals surface area contributed by atoms with E-state index in [0.29, 0.717) is 31.3 Å². The lowest BCUT2D eigenvalue weighted by atomic mass is 9.49. The second kappa shape index (κ2) is 9.18. The number of allylic oxidation sites excluding steroid dienone is 4. The normalized spacial score (nSPS) is 37.9. The molecule has 0 saturated heterocycles. The van der Waals surface area contributed by atoms with Gasteiger partial charge in [-0.3, -0.25) is 0 Å². The summed E-state index contributed by atoms with van der Waals surface area (Å²) in [5.74, 6) is 0.800. The van der Waals surface area contributed by atoms with E-state index in [2.05, 4.69) is 59.8 Å². The quantitative estimate of drug-likeness (QED) is 0.305. The van der Waals surface area contributed by atoms with Crippen LogP contribution in [0.4, 0.5) is 0 Å². The summed E-state index contributed by atoms with van der Waals surface area (Å²) < 4.78 is 6.50. The van der Waals surface area contributed by atoms with Crippen LogP contribution in [0.15, 0.2) is 34.9 Å². The van der Waals surface area contributed by atoms with Gasteiger partial charge in [0.2, 0.25) is 0 Å². The van der Waals surface area contributed by atoms with Crippen molar-refractivity contribution in [3.63, 3.8) is 0 Å². The van der Waals surface area contributed by atoms with Crippen LogP contribution in [0.3, 0.4) is 0 Å². The van der Waals surface area contributed by atoms with E-state index in [-0.39, 0.29) is 16.4 Å². The van der Waals surface area contributed by atoms with Crippen LogP contribution in [0.2, 0.25) is 0 Å². The fourth-order valence-corrected chi connectivity index (χ4v) is 7.98. The Kier molecular flexibility index (Phi) is 7.05. The highest BCUT2D eigenvalue weighted by Crippen LogP contribution is 2.64. The van der Waals surface area contributed by atoms with Crippen molar-refractivity contribution in [3.8, 4) is 0 Å². The molecule has 2 fully saturated rings. The van der Waals surface area contributed by atoms with Crippen molar-refractivity contribution in [3.05, 3.63) is 34.9 Å². The van der Waals surface area contributed by atoms with E-state index in [0.717, 1.165) is 44.9 Å². The summed E-state index contributed by atoms with van der Waals surface area (Å²) in [5.41, 5.74) is 3.06. The second-order valence-corrected chi connectivity index (χ2v) is 12.6. The van der Waals surface area contributed by atoms with Gasteiger partial charge >= 0.3 is 0 Å². The maximum atomic E-state index is 11.1. The third-order valence-corrected chi connectivity index (χ3v) is 10.4. The first-order valence-electron chi connectivity index (χ1n) is 13.8. The van der Waals surface area contributed by atoms with Gasteiger partial charge in [-0.2, -0.15) is 0 Å². The van der Waals surface area contributed by atoms with Gasteiger partial charge in [0.1, 0.15) is 0 Å². The van der Waals surface area contributed by atoms with E-state index in [4.69, 9.17) is 4.74 Å². The second-order valence-electron chi connectivity index (χ2n) is 12.6. The Morgan fingerprint density at radius 2 is 1.79 bits per heavy atom.